The first-order chi connectivity index (χ1) is 43.2. The summed E-state index contributed by atoms with van der Waals surface area (Å²) in [7, 11) is -9.78. The van der Waals surface area contributed by atoms with Crippen molar-refractivity contribution in [2.45, 2.75) is 270 Å². The number of rotatable bonds is 63. The predicted octanol–water partition coefficient (Wildman–Crippen LogP) is 18.6. The number of unbranched alkanes of at least 4 members (excludes halogenated alkanes) is 20. The molecule has 5 unspecified atom stereocenters. The maximum atomic E-state index is 12.9. The molecule has 0 radical (unpaired) electrons. The Morgan fingerprint density at radius 2 is 0.596 bits per heavy atom. The number of ether oxygens (including phenoxy) is 3. The van der Waals surface area contributed by atoms with Gasteiger partial charge in [0.15, 0.2) is 6.10 Å². The van der Waals surface area contributed by atoms with Gasteiger partial charge in [0.25, 0.3) is 0 Å². The summed E-state index contributed by atoms with van der Waals surface area (Å²) in [6.45, 7) is 2.34. The van der Waals surface area contributed by atoms with Crippen LogP contribution in [0.25, 0.3) is 0 Å². The number of allylic oxidation sites excluding steroid dienone is 20. The van der Waals surface area contributed by atoms with Gasteiger partial charge in [-0.05, 0) is 122 Å². The van der Waals surface area contributed by atoms with Crippen LogP contribution >= 0.6 is 15.6 Å². The molecule has 0 spiro atoms. The number of hydrogen-bond acceptors (Lipinski definition) is 14. The third kappa shape index (κ3) is 65.3. The molecule has 0 saturated heterocycles. The third-order valence-electron chi connectivity index (χ3n) is 13.7. The summed E-state index contributed by atoms with van der Waals surface area (Å²) in [5.41, 5.74) is 0. The lowest BCUT2D eigenvalue weighted by Gasteiger charge is -2.21. The predicted molar refractivity (Wildman–Crippen MR) is 362 cm³/mol. The van der Waals surface area contributed by atoms with E-state index in [1.807, 2.05) is 0 Å². The molecule has 0 aromatic heterocycles. The molecule has 0 fully saturated rings. The van der Waals surface area contributed by atoms with Gasteiger partial charge in [-0.25, -0.2) is 9.13 Å². The monoisotopic (exact) mass is 1290 g/mol. The number of phosphoric acid groups is 2. The number of carbonyl (C=O) groups is 3. The van der Waals surface area contributed by atoms with Crippen molar-refractivity contribution in [3.05, 3.63) is 122 Å². The first-order valence-corrected chi connectivity index (χ1v) is 36.8. The van der Waals surface area contributed by atoms with E-state index in [1.54, 1.807) is 0 Å². The van der Waals surface area contributed by atoms with E-state index in [0.29, 0.717) is 19.3 Å². The Bertz CT molecular complexity index is 2110. The molecule has 16 nitrogen and oxygen atoms in total. The van der Waals surface area contributed by atoms with Crippen LogP contribution in [0.15, 0.2) is 122 Å². The lowest BCUT2D eigenvalue weighted by Crippen LogP contribution is -2.30. The van der Waals surface area contributed by atoms with E-state index < -0.39 is 91.5 Å². The Hall–Kier alpha value is -4.05. The average molecular weight is 1290 g/mol. The van der Waals surface area contributed by atoms with Crippen molar-refractivity contribution in [2.75, 3.05) is 39.6 Å². The van der Waals surface area contributed by atoms with Crippen molar-refractivity contribution >= 4 is 33.6 Å². The van der Waals surface area contributed by atoms with E-state index in [1.165, 1.54) is 12.8 Å². The lowest BCUT2D eigenvalue weighted by molar-refractivity contribution is -0.161. The van der Waals surface area contributed by atoms with Crippen LogP contribution < -0.4 is 0 Å². The fourth-order valence-corrected chi connectivity index (χ4v) is 10.1. The van der Waals surface area contributed by atoms with Gasteiger partial charge in [0.2, 0.25) is 0 Å². The number of phosphoric ester groups is 2. The summed E-state index contributed by atoms with van der Waals surface area (Å²) in [6.07, 6.45) is 72.6. The molecule has 18 heteroatoms. The summed E-state index contributed by atoms with van der Waals surface area (Å²) in [4.78, 5) is 58.3. The number of carbonyl (C=O) groups excluding carboxylic acids is 3. The average Bonchev–Trinajstić information content (AvgIpc) is 3.54. The van der Waals surface area contributed by atoms with Crippen molar-refractivity contribution in [3.63, 3.8) is 0 Å². The first kappa shape index (κ1) is 85.0. The second-order valence-electron chi connectivity index (χ2n) is 22.2. The summed E-state index contributed by atoms with van der Waals surface area (Å²) in [6, 6.07) is 0. The Kier molecular flexibility index (Phi) is 61.2. The van der Waals surface area contributed by atoms with Crippen LogP contribution in [-0.4, -0.2) is 95.9 Å². The van der Waals surface area contributed by atoms with Gasteiger partial charge in [-0.2, -0.15) is 0 Å². The second-order valence-corrected chi connectivity index (χ2v) is 25.1. The summed E-state index contributed by atoms with van der Waals surface area (Å²) < 4.78 is 60.8. The summed E-state index contributed by atoms with van der Waals surface area (Å²) >= 11 is 0. The molecule has 0 aliphatic heterocycles. The molecule has 0 aromatic rings. The molecule has 0 aliphatic rings. The highest BCUT2D eigenvalue weighted by molar-refractivity contribution is 7.47. The minimum Gasteiger partial charge on any atom is -0.463 e. The zero-order chi connectivity index (χ0) is 65.3. The van der Waals surface area contributed by atoms with Gasteiger partial charge >= 0.3 is 33.6 Å². The maximum Gasteiger partial charge on any atom is 0.472 e. The van der Waals surface area contributed by atoms with E-state index in [-0.39, 0.29) is 19.3 Å². The number of esters is 3. The van der Waals surface area contributed by atoms with Gasteiger partial charge in [0.05, 0.1) is 26.4 Å². The van der Waals surface area contributed by atoms with Crippen molar-refractivity contribution in [1.29, 1.82) is 0 Å². The summed E-state index contributed by atoms with van der Waals surface area (Å²) in [5.74, 6) is -1.62. The first-order valence-electron chi connectivity index (χ1n) is 33.8. The minimum absolute atomic E-state index is 0.0880. The number of aliphatic hydroxyl groups is 2. The number of hydrogen-bond donors (Lipinski definition) is 4. The van der Waals surface area contributed by atoms with Gasteiger partial charge in [-0.1, -0.05) is 232 Å². The molecular weight excluding hydrogens is 1170 g/mol. The molecule has 0 bridgehead atoms. The SMILES string of the molecule is CC/C=C\C/C=C\C/C=C\C/C=C\C/C=C\CCCCCCCCCC(=O)OCC(O)COP(=O)(O)OCC(O)COP(=O)(O)OCC(COC(=O)CCCCCCCC/C=C\C/C=C\C/C=C\C/C=C\CC)OC(=O)CCCCCCC/C=C\CCCC. The van der Waals surface area contributed by atoms with E-state index in [9.17, 15) is 43.5 Å². The van der Waals surface area contributed by atoms with Crippen molar-refractivity contribution in [1.82, 2.24) is 0 Å². The van der Waals surface area contributed by atoms with E-state index >= 15 is 0 Å². The van der Waals surface area contributed by atoms with E-state index in [4.69, 9.17) is 32.3 Å². The fourth-order valence-electron chi connectivity index (χ4n) is 8.51. The highest BCUT2D eigenvalue weighted by Crippen LogP contribution is 2.45. The van der Waals surface area contributed by atoms with Gasteiger partial charge in [-0.3, -0.25) is 32.5 Å². The van der Waals surface area contributed by atoms with Gasteiger partial charge < -0.3 is 34.2 Å². The van der Waals surface area contributed by atoms with Crippen LogP contribution in [0.5, 0.6) is 0 Å². The lowest BCUT2D eigenvalue weighted by atomic mass is 10.1. The minimum atomic E-state index is -4.93. The number of aliphatic hydroxyl groups excluding tert-OH is 2. The van der Waals surface area contributed by atoms with Crippen LogP contribution in [0, 0.1) is 0 Å². The summed E-state index contributed by atoms with van der Waals surface area (Å²) in [5, 5.41) is 20.5. The molecule has 0 heterocycles. The van der Waals surface area contributed by atoms with Crippen molar-refractivity contribution < 1.29 is 75.8 Å². The normalized spacial score (nSPS) is 15.0. The smallest absolute Gasteiger partial charge is 0.463 e. The Morgan fingerprint density at radius 3 is 0.955 bits per heavy atom. The molecule has 0 amide bonds. The van der Waals surface area contributed by atoms with Gasteiger partial charge in [0.1, 0.15) is 25.4 Å². The fraction of sp³-hybridized carbons (Fsp3) is 0.676. The van der Waals surface area contributed by atoms with Crippen LogP contribution in [0.1, 0.15) is 252 Å². The molecular formula is C71H120O16P2. The van der Waals surface area contributed by atoms with Gasteiger partial charge in [0, 0.05) is 19.3 Å². The molecule has 0 aromatic carbocycles. The Labute approximate surface area is 538 Å². The highest BCUT2D eigenvalue weighted by atomic mass is 31.2. The zero-order valence-corrected chi connectivity index (χ0v) is 56.8. The molecule has 0 saturated carbocycles. The molecule has 0 rings (SSSR count). The van der Waals surface area contributed by atoms with E-state index in [0.717, 1.165) is 180 Å². The second kappa shape index (κ2) is 64.1. The maximum absolute atomic E-state index is 12.9. The van der Waals surface area contributed by atoms with Gasteiger partial charge in [-0.15, -0.1) is 0 Å². The Morgan fingerprint density at radius 1 is 0.326 bits per heavy atom. The largest absolute Gasteiger partial charge is 0.472 e. The van der Waals surface area contributed by atoms with Crippen LogP contribution in [-0.2, 0) is 55.8 Å². The van der Waals surface area contributed by atoms with Crippen LogP contribution in [0.4, 0.5) is 0 Å². The van der Waals surface area contributed by atoms with Crippen molar-refractivity contribution in [2.24, 2.45) is 0 Å². The third-order valence-corrected chi connectivity index (χ3v) is 15.6. The molecule has 4 N–H and O–H groups in total. The van der Waals surface area contributed by atoms with Crippen molar-refractivity contribution in [3.8, 4) is 0 Å². The quantitative estimate of drug-likeness (QED) is 0.0146. The highest BCUT2D eigenvalue weighted by Gasteiger charge is 2.29. The topological polar surface area (TPSA) is 231 Å². The molecule has 0 aliphatic carbocycles. The van der Waals surface area contributed by atoms with Crippen LogP contribution in [0.2, 0.25) is 0 Å². The van der Waals surface area contributed by atoms with Crippen LogP contribution in [0.3, 0.4) is 0 Å². The molecule has 5 atom stereocenters. The van der Waals surface area contributed by atoms with E-state index in [2.05, 4.69) is 142 Å². The standard InChI is InChI=1S/C71H120O16P2/c1-4-7-10-13-16-19-22-24-26-28-30-31-32-33-35-37-38-40-43-45-48-51-54-57-69(74)81-60-66(72)61-83-88(77,78)84-62-67(73)63-85-89(79,80)86-65-68(87-71(76)59-56-53-50-47-42-21-18-15-12-9-6-3)64-82-70(75)58-55-52-49-46-44-41-39-36-34-29-27-25-23-20-17-14-11-8-5-2/h7-8,10-11,15-20,24-27,30-31,33-36,66-68,72-73H,4-6,9,12-14,21-23,28-29,32,37-65H2,1-3H3,(H,77,78)(H,79,80)/b10-7-,11-8-,18-15-,19-16-,20-17-,26-24-,27-25-,31-30-,35-33-,36-34-. The zero-order valence-electron chi connectivity index (χ0n) is 55.1. The molecule has 510 valence electrons. The molecule has 89 heavy (non-hydrogen) atoms. The Balaban J connectivity index is 4.58.